The molecule has 1 aliphatic heterocycles. The number of hydrogen-bond acceptors (Lipinski definition) is 4. The van der Waals surface area contributed by atoms with Gasteiger partial charge < -0.3 is 9.80 Å². The Morgan fingerprint density at radius 3 is 2.52 bits per heavy atom. The second-order valence-corrected chi connectivity index (χ2v) is 5.86. The lowest BCUT2D eigenvalue weighted by molar-refractivity contribution is -0.136. The molecular weight excluding hydrogens is 305 g/mol. The first-order valence-electron chi connectivity index (χ1n) is 7.79. The van der Waals surface area contributed by atoms with Crippen LogP contribution in [0.25, 0.3) is 0 Å². The molecule has 0 unspecified atom stereocenters. The van der Waals surface area contributed by atoms with Gasteiger partial charge in [-0.3, -0.25) is 4.98 Å². The molecule has 2 heterocycles. The van der Waals surface area contributed by atoms with Crippen LogP contribution < -0.4 is 9.80 Å². The van der Waals surface area contributed by atoms with Crippen molar-refractivity contribution < 1.29 is 13.2 Å². The van der Waals surface area contributed by atoms with Crippen LogP contribution in [-0.4, -0.2) is 31.7 Å². The fraction of sp³-hybridized carbons (Fsp3) is 0.625. The summed E-state index contributed by atoms with van der Waals surface area (Å²) in [5, 5.41) is 8.94. The summed E-state index contributed by atoms with van der Waals surface area (Å²) in [7, 11) is 1.65. The third-order valence-corrected chi connectivity index (χ3v) is 4.18. The van der Waals surface area contributed by atoms with E-state index in [-0.39, 0.29) is 17.3 Å². The highest BCUT2D eigenvalue weighted by molar-refractivity contribution is 5.67. The summed E-state index contributed by atoms with van der Waals surface area (Å²) in [4.78, 5) is 7.33. The molecule has 0 saturated carbocycles. The number of nitriles is 1. The van der Waals surface area contributed by atoms with E-state index < -0.39 is 11.7 Å². The zero-order valence-corrected chi connectivity index (χ0v) is 13.4. The normalized spacial score (nSPS) is 16.3. The van der Waals surface area contributed by atoms with Crippen molar-refractivity contribution in [2.24, 2.45) is 5.92 Å². The second kappa shape index (κ2) is 7.07. The zero-order valence-electron chi connectivity index (χ0n) is 13.4. The maximum absolute atomic E-state index is 13.7. The first-order valence-corrected chi connectivity index (χ1v) is 7.79. The van der Waals surface area contributed by atoms with Crippen LogP contribution in [0, 0.1) is 17.2 Å². The summed E-state index contributed by atoms with van der Waals surface area (Å²) in [6.07, 6.45) is 0.0573. The van der Waals surface area contributed by atoms with Gasteiger partial charge >= 0.3 is 6.18 Å². The number of aromatic nitrogens is 1. The molecule has 0 N–H and O–H groups in total. The van der Waals surface area contributed by atoms with Crippen LogP contribution in [0.4, 0.5) is 24.5 Å². The summed E-state index contributed by atoms with van der Waals surface area (Å²) in [5.74, 6) is -0.0699. The average molecular weight is 326 g/mol. The van der Waals surface area contributed by atoms with E-state index in [0.29, 0.717) is 32.5 Å². The van der Waals surface area contributed by atoms with Crippen LogP contribution in [0.1, 0.15) is 31.7 Å². The van der Waals surface area contributed by atoms with Crippen molar-refractivity contribution in [2.75, 3.05) is 36.5 Å². The molecule has 0 bridgehead atoms. The van der Waals surface area contributed by atoms with Gasteiger partial charge in [-0.1, -0.05) is 6.92 Å². The molecule has 1 saturated heterocycles. The highest BCUT2D eigenvalue weighted by Crippen LogP contribution is 2.43. The van der Waals surface area contributed by atoms with Crippen molar-refractivity contribution in [3.63, 3.8) is 0 Å². The monoisotopic (exact) mass is 326 g/mol. The largest absolute Gasteiger partial charge is 0.420 e. The molecule has 1 fully saturated rings. The van der Waals surface area contributed by atoms with Crippen molar-refractivity contribution in [1.82, 2.24) is 4.98 Å². The molecule has 0 aromatic carbocycles. The van der Waals surface area contributed by atoms with E-state index >= 15 is 0 Å². The van der Waals surface area contributed by atoms with Gasteiger partial charge in [-0.05, 0) is 19.3 Å². The third kappa shape index (κ3) is 3.87. The van der Waals surface area contributed by atoms with Gasteiger partial charge in [0.2, 0.25) is 0 Å². The molecule has 4 nitrogen and oxygen atoms in total. The lowest BCUT2D eigenvalue weighted by Gasteiger charge is -2.34. The summed E-state index contributed by atoms with van der Waals surface area (Å²) in [6.45, 7) is 3.35. The maximum Gasteiger partial charge on any atom is 0.420 e. The topological polar surface area (TPSA) is 43.2 Å². The summed E-state index contributed by atoms with van der Waals surface area (Å²) in [6, 6.07) is 2.19. The van der Waals surface area contributed by atoms with Crippen LogP contribution in [0.5, 0.6) is 0 Å². The van der Waals surface area contributed by atoms with Gasteiger partial charge in [-0.25, -0.2) is 0 Å². The van der Waals surface area contributed by atoms with Crippen molar-refractivity contribution in [1.29, 1.82) is 5.26 Å². The van der Waals surface area contributed by atoms with E-state index in [1.165, 1.54) is 12.4 Å². The lowest BCUT2D eigenvalue weighted by Crippen LogP contribution is -2.35. The Balaban J connectivity index is 2.40. The molecule has 0 spiro atoms. The Morgan fingerprint density at radius 2 is 2.00 bits per heavy atom. The maximum atomic E-state index is 13.7. The zero-order chi connectivity index (χ0) is 17.0. The Bertz CT molecular complexity index is 572. The van der Waals surface area contributed by atoms with Gasteiger partial charge in [0.1, 0.15) is 5.56 Å². The van der Waals surface area contributed by atoms with Gasteiger partial charge in [-0.15, -0.1) is 0 Å². The molecule has 2 rings (SSSR count). The number of piperidine rings is 1. The van der Waals surface area contributed by atoms with E-state index in [0.717, 1.165) is 6.42 Å². The minimum absolute atomic E-state index is 0.0699. The van der Waals surface area contributed by atoms with E-state index in [1.807, 2.05) is 6.92 Å². The molecular formula is C16H21F3N4. The van der Waals surface area contributed by atoms with E-state index in [2.05, 4.69) is 11.1 Å². The number of hydrogen-bond donors (Lipinski definition) is 0. The number of halogens is 3. The average Bonchev–Trinajstić information content (AvgIpc) is 2.53. The van der Waals surface area contributed by atoms with Gasteiger partial charge in [0.05, 0.1) is 29.8 Å². The Labute approximate surface area is 134 Å². The van der Waals surface area contributed by atoms with Crippen LogP contribution >= 0.6 is 0 Å². The number of alkyl halides is 3. The summed E-state index contributed by atoms with van der Waals surface area (Å²) < 4.78 is 41.0. The smallest absolute Gasteiger partial charge is 0.373 e. The van der Waals surface area contributed by atoms with E-state index in [9.17, 15) is 13.2 Å². The number of nitrogens with zero attached hydrogens (tertiary/aromatic N) is 4. The highest BCUT2D eigenvalue weighted by atomic mass is 19.4. The standard InChI is InChI=1S/C16H21F3N4/c1-3-6-22(2)13-10-21-11-14(15(13)16(17,18)19)23-7-4-12(9-20)5-8-23/h10-12H,3-8H2,1-2H3. The Kier molecular flexibility index (Phi) is 5.34. The summed E-state index contributed by atoms with van der Waals surface area (Å²) >= 11 is 0. The second-order valence-electron chi connectivity index (χ2n) is 5.86. The minimum Gasteiger partial charge on any atom is -0.373 e. The van der Waals surface area contributed by atoms with Crippen molar-refractivity contribution in [3.8, 4) is 6.07 Å². The van der Waals surface area contributed by atoms with Crippen molar-refractivity contribution in [2.45, 2.75) is 32.4 Å². The van der Waals surface area contributed by atoms with Gasteiger partial charge in [-0.2, -0.15) is 18.4 Å². The first kappa shape index (κ1) is 17.4. The molecule has 126 valence electrons. The molecule has 0 atom stereocenters. The molecule has 1 aliphatic rings. The van der Waals surface area contributed by atoms with Gasteiger partial charge in [0.15, 0.2) is 0 Å². The Morgan fingerprint density at radius 1 is 1.35 bits per heavy atom. The first-order chi connectivity index (χ1) is 10.9. The van der Waals surface area contributed by atoms with E-state index in [4.69, 9.17) is 5.26 Å². The highest BCUT2D eigenvalue weighted by Gasteiger charge is 2.39. The minimum atomic E-state index is -4.44. The molecule has 7 heteroatoms. The van der Waals surface area contributed by atoms with Crippen molar-refractivity contribution >= 4 is 11.4 Å². The molecule has 0 aliphatic carbocycles. The van der Waals surface area contributed by atoms with Crippen molar-refractivity contribution in [3.05, 3.63) is 18.0 Å². The number of pyridine rings is 1. The molecule has 0 radical (unpaired) electrons. The van der Waals surface area contributed by atoms with Gasteiger partial charge in [0.25, 0.3) is 0 Å². The third-order valence-electron chi connectivity index (χ3n) is 4.18. The van der Waals surface area contributed by atoms with E-state index in [1.54, 1.807) is 16.8 Å². The number of anilines is 2. The molecule has 23 heavy (non-hydrogen) atoms. The predicted octanol–water partition coefficient (Wildman–Crippen LogP) is 3.69. The predicted molar refractivity (Wildman–Crippen MR) is 83.4 cm³/mol. The van der Waals surface area contributed by atoms with Crippen LogP contribution in [0.15, 0.2) is 12.4 Å². The lowest BCUT2D eigenvalue weighted by atomic mass is 9.97. The summed E-state index contributed by atoms with van der Waals surface area (Å²) in [5.41, 5.74) is -0.396. The SMILES string of the molecule is CCCN(C)c1cncc(N2CCC(C#N)CC2)c1C(F)(F)F. The van der Waals surface area contributed by atoms with Crippen LogP contribution in [-0.2, 0) is 6.18 Å². The molecule has 1 aromatic rings. The number of rotatable bonds is 4. The van der Waals surface area contributed by atoms with Crippen LogP contribution in [0.3, 0.4) is 0 Å². The molecule has 1 aromatic heterocycles. The fourth-order valence-corrected chi connectivity index (χ4v) is 2.96. The fourth-order valence-electron chi connectivity index (χ4n) is 2.96. The Hall–Kier alpha value is -1.97. The molecule has 0 amide bonds. The quantitative estimate of drug-likeness (QED) is 0.846. The van der Waals surface area contributed by atoms with Gasteiger partial charge in [0, 0.05) is 32.6 Å². The van der Waals surface area contributed by atoms with Crippen LogP contribution in [0.2, 0.25) is 0 Å².